The summed E-state index contributed by atoms with van der Waals surface area (Å²) >= 11 is 0. The van der Waals surface area contributed by atoms with Crippen LogP contribution < -0.4 is 10.5 Å². The number of carboxylic acids is 1. The number of anilines is 1. The Kier molecular flexibility index (Phi) is 6.56. The maximum absolute atomic E-state index is 12.1. The van der Waals surface area contributed by atoms with E-state index in [-0.39, 0.29) is 42.5 Å². The number of hydrogen-bond donors (Lipinski definition) is 4. The Hall–Kier alpha value is -1.68. The third kappa shape index (κ3) is 5.31. The molecule has 9 heteroatoms. The highest BCUT2D eigenvalue weighted by Crippen LogP contribution is 2.19. The van der Waals surface area contributed by atoms with Crippen molar-refractivity contribution in [3.8, 4) is 0 Å². The van der Waals surface area contributed by atoms with Gasteiger partial charge in [-0.15, -0.1) is 0 Å². The third-order valence-corrected chi connectivity index (χ3v) is 4.02. The first-order valence-corrected chi connectivity index (χ1v) is 7.68. The zero-order valence-corrected chi connectivity index (χ0v) is 12.1. The van der Waals surface area contributed by atoms with Gasteiger partial charge in [-0.3, -0.25) is 0 Å². The Morgan fingerprint density at radius 1 is 1.33 bits per heavy atom. The molecule has 0 aliphatic heterocycles. The van der Waals surface area contributed by atoms with Gasteiger partial charge in [0, 0.05) is 18.8 Å². The van der Waals surface area contributed by atoms with E-state index in [0.717, 1.165) is 12.1 Å². The summed E-state index contributed by atoms with van der Waals surface area (Å²) in [5.41, 5.74) is 5.32. The van der Waals surface area contributed by atoms with Gasteiger partial charge in [-0.25, -0.2) is 17.9 Å². The Bertz CT molecular complexity index is 587. The molecule has 0 aliphatic carbocycles. The molecule has 8 nitrogen and oxygen atoms in total. The molecule has 0 spiro atoms. The van der Waals surface area contributed by atoms with Gasteiger partial charge in [0.1, 0.15) is 0 Å². The summed E-state index contributed by atoms with van der Waals surface area (Å²) in [6.45, 7) is 0.454. The van der Waals surface area contributed by atoms with Crippen LogP contribution in [0.1, 0.15) is 16.8 Å². The van der Waals surface area contributed by atoms with Crippen LogP contribution in [0.15, 0.2) is 23.1 Å². The molecule has 0 radical (unpaired) electrons. The maximum Gasteiger partial charge on any atom is 0.337 e. The maximum atomic E-state index is 12.1. The predicted octanol–water partition coefficient (Wildman–Crippen LogP) is -0.356. The summed E-state index contributed by atoms with van der Waals surface area (Å²) in [7, 11) is -3.97. The molecule has 1 rings (SSSR count). The molecule has 5 N–H and O–H groups in total. The molecular weight excluding hydrogens is 300 g/mol. The van der Waals surface area contributed by atoms with E-state index in [0.29, 0.717) is 6.42 Å². The summed E-state index contributed by atoms with van der Waals surface area (Å²) < 4.78 is 31.4. The number of nitrogens with one attached hydrogen (secondary N) is 1. The number of nitrogen functional groups attached to an aromatic ring is 1. The first-order chi connectivity index (χ1) is 9.88. The number of ether oxygens (including phenoxy) is 1. The molecule has 0 fully saturated rings. The van der Waals surface area contributed by atoms with E-state index >= 15 is 0 Å². The SMILES string of the molecule is Nc1ccc(C(=O)O)c(S(=O)(=O)NCCCOCCO)c1. The van der Waals surface area contributed by atoms with Crippen molar-refractivity contribution in [1.29, 1.82) is 0 Å². The highest BCUT2D eigenvalue weighted by atomic mass is 32.2. The van der Waals surface area contributed by atoms with Crippen molar-refractivity contribution in [3.05, 3.63) is 23.8 Å². The van der Waals surface area contributed by atoms with Crippen molar-refractivity contribution >= 4 is 21.7 Å². The Morgan fingerprint density at radius 3 is 2.67 bits per heavy atom. The van der Waals surface area contributed by atoms with Gasteiger partial charge in [0.2, 0.25) is 10.0 Å². The lowest BCUT2D eigenvalue weighted by atomic mass is 10.2. The van der Waals surface area contributed by atoms with Gasteiger partial charge in [-0.1, -0.05) is 0 Å². The second-order valence-corrected chi connectivity index (χ2v) is 5.88. The third-order valence-electron chi connectivity index (χ3n) is 2.52. The van der Waals surface area contributed by atoms with Crippen LogP contribution in [-0.4, -0.2) is 51.0 Å². The average molecular weight is 318 g/mol. The summed E-state index contributed by atoms with van der Waals surface area (Å²) in [6.07, 6.45) is 0.393. The topological polar surface area (TPSA) is 139 Å². The van der Waals surface area contributed by atoms with Crippen LogP contribution in [-0.2, 0) is 14.8 Å². The van der Waals surface area contributed by atoms with Gasteiger partial charge in [0.25, 0.3) is 0 Å². The first-order valence-electron chi connectivity index (χ1n) is 6.19. The molecular formula is C12H18N2O6S. The lowest BCUT2D eigenvalue weighted by Crippen LogP contribution is -2.27. The number of sulfonamides is 1. The Morgan fingerprint density at radius 2 is 2.05 bits per heavy atom. The van der Waals surface area contributed by atoms with Crippen LogP contribution in [0.4, 0.5) is 5.69 Å². The lowest BCUT2D eigenvalue weighted by Gasteiger charge is -2.10. The van der Waals surface area contributed by atoms with E-state index in [1.165, 1.54) is 6.07 Å². The van der Waals surface area contributed by atoms with Gasteiger partial charge >= 0.3 is 5.97 Å². The molecule has 0 atom stereocenters. The molecule has 21 heavy (non-hydrogen) atoms. The van der Waals surface area contributed by atoms with Crippen LogP contribution in [0.2, 0.25) is 0 Å². The van der Waals surface area contributed by atoms with Crippen LogP contribution in [0, 0.1) is 0 Å². The zero-order chi connectivity index (χ0) is 15.9. The van der Waals surface area contributed by atoms with E-state index in [1.807, 2.05) is 0 Å². The number of rotatable bonds is 9. The van der Waals surface area contributed by atoms with Crippen LogP contribution in [0.25, 0.3) is 0 Å². The quantitative estimate of drug-likeness (QED) is 0.360. The van der Waals surface area contributed by atoms with Crippen LogP contribution in [0.3, 0.4) is 0 Å². The number of hydrogen-bond acceptors (Lipinski definition) is 6. The van der Waals surface area contributed by atoms with Crippen molar-refractivity contribution in [2.75, 3.05) is 32.1 Å². The minimum atomic E-state index is -3.97. The molecule has 0 aliphatic rings. The number of aliphatic hydroxyl groups is 1. The molecule has 0 heterocycles. The van der Waals surface area contributed by atoms with Crippen molar-refractivity contribution in [3.63, 3.8) is 0 Å². The van der Waals surface area contributed by atoms with Crippen molar-refractivity contribution < 1.29 is 28.2 Å². The van der Waals surface area contributed by atoms with Crippen molar-refractivity contribution in [2.45, 2.75) is 11.3 Å². The van der Waals surface area contributed by atoms with Gasteiger partial charge < -0.3 is 20.7 Å². The van der Waals surface area contributed by atoms with Crippen molar-refractivity contribution in [2.24, 2.45) is 0 Å². The van der Waals surface area contributed by atoms with Crippen molar-refractivity contribution in [1.82, 2.24) is 4.72 Å². The lowest BCUT2D eigenvalue weighted by molar-refractivity contribution is 0.0692. The van der Waals surface area contributed by atoms with E-state index in [9.17, 15) is 13.2 Å². The molecule has 0 saturated carbocycles. The molecule has 1 aromatic rings. The summed E-state index contributed by atoms with van der Waals surface area (Å²) in [4.78, 5) is 10.7. The van der Waals surface area contributed by atoms with Gasteiger partial charge in [0.05, 0.1) is 23.7 Å². The Labute approximate surface area is 122 Å². The number of carboxylic acid groups (broad SMARTS) is 1. The first kappa shape index (κ1) is 17.4. The highest BCUT2D eigenvalue weighted by molar-refractivity contribution is 7.89. The number of aromatic carboxylic acids is 1. The molecule has 0 aromatic heterocycles. The smallest absolute Gasteiger partial charge is 0.337 e. The largest absolute Gasteiger partial charge is 0.478 e. The Balaban J connectivity index is 2.74. The fourth-order valence-electron chi connectivity index (χ4n) is 1.56. The molecule has 1 aromatic carbocycles. The summed E-state index contributed by atoms with van der Waals surface area (Å²) in [5.74, 6) is -1.35. The van der Waals surface area contributed by atoms with Crippen LogP contribution >= 0.6 is 0 Å². The second-order valence-electron chi connectivity index (χ2n) is 4.15. The average Bonchev–Trinajstić information content (AvgIpc) is 2.42. The number of aliphatic hydroxyl groups excluding tert-OH is 1. The fraction of sp³-hybridized carbons (Fsp3) is 0.417. The van der Waals surface area contributed by atoms with E-state index in [2.05, 4.69) is 4.72 Å². The normalized spacial score (nSPS) is 11.5. The molecule has 118 valence electrons. The molecule has 0 unspecified atom stereocenters. The van der Waals surface area contributed by atoms with E-state index in [1.54, 1.807) is 0 Å². The minimum absolute atomic E-state index is 0.0849. The van der Waals surface area contributed by atoms with Crippen LogP contribution in [0.5, 0.6) is 0 Å². The molecule has 0 amide bonds. The number of nitrogens with two attached hydrogens (primary N) is 1. The van der Waals surface area contributed by atoms with E-state index < -0.39 is 16.0 Å². The molecule has 0 bridgehead atoms. The number of benzene rings is 1. The monoisotopic (exact) mass is 318 g/mol. The minimum Gasteiger partial charge on any atom is -0.478 e. The van der Waals surface area contributed by atoms with Gasteiger partial charge in [-0.2, -0.15) is 0 Å². The summed E-state index contributed by atoms with van der Waals surface area (Å²) in [6, 6.07) is 3.58. The predicted molar refractivity (Wildman–Crippen MR) is 75.5 cm³/mol. The number of carbonyl (C=O) groups is 1. The standard InChI is InChI=1S/C12H18N2O6S/c13-9-2-3-10(12(16)17)11(8-9)21(18,19)14-4-1-6-20-7-5-15/h2-3,8,14-15H,1,4-7,13H2,(H,16,17). The zero-order valence-electron chi connectivity index (χ0n) is 11.3. The highest BCUT2D eigenvalue weighted by Gasteiger charge is 2.22. The van der Waals surface area contributed by atoms with E-state index in [4.69, 9.17) is 20.7 Å². The van der Waals surface area contributed by atoms with Gasteiger partial charge in [-0.05, 0) is 24.6 Å². The van der Waals surface area contributed by atoms with Gasteiger partial charge in [0.15, 0.2) is 0 Å². The summed E-state index contributed by atoms with van der Waals surface area (Å²) in [5, 5.41) is 17.5. The fourth-order valence-corrected chi connectivity index (χ4v) is 2.87. The molecule has 0 saturated heterocycles. The second kappa shape index (κ2) is 7.93.